The van der Waals surface area contributed by atoms with Gasteiger partial charge >= 0.3 is 5.97 Å². The van der Waals surface area contributed by atoms with Crippen LogP contribution in [0, 0.1) is 0 Å². The number of carbonyl (C=O) groups is 2. The maximum absolute atomic E-state index is 12.1. The first-order valence-electron chi connectivity index (χ1n) is 6.56. The molecule has 0 aliphatic heterocycles. The molecule has 1 amide bonds. The van der Waals surface area contributed by atoms with Gasteiger partial charge in [0.05, 0.1) is 10.6 Å². The molecule has 0 atom stereocenters. The minimum atomic E-state index is -0.597. The molecule has 0 saturated carbocycles. The molecule has 4 nitrogen and oxygen atoms in total. The summed E-state index contributed by atoms with van der Waals surface area (Å²) in [5.74, 6) is -0.408. The summed E-state index contributed by atoms with van der Waals surface area (Å²) in [5.41, 5.74) is 0.772. The average molecular weight is 338 g/mol. The number of carbonyl (C=O) groups excluding carboxylic acids is 2. The van der Waals surface area contributed by atoms with E-state index in [9.17, 15) is 9.59 Å². The van der Waals surface area contributed by atoms with E-state index in [-0.39, 0.29) is 16.5 Å². The highest BCUT2D eigenvalue weighted by atomic mass is 35.5. The zero-order valence-corrected chi connectivity index (χ0v) is 13.2. The topological polar surface area (TPSA) is 55.4 Å². The molecule has 0 radical (unpaired) electrons. The maximum Gasteiger partial charge on any atom is 0.345 e. The van der Waals surface area contributed by atoms with Crippen molar-refractivity contribution in [2.45, 2.75) is 13.3 Å². The second-order valence-electron chi connectivity index (χ2n) is 4.44. The van der Waals surface area contributed by atoms with E-state index in [4.69, 9.17) is 27.9 Å². The SMILES string of the molecule is CCC(=O)Nc1cccc(OC(=O)c2ccc(Cl)cc2Cl)c1. The molecule has 2 rings (SSSR count). The lowest BCUT2D eigenvalue weighted by molar-refractivity contribution is -0.115. The number of halogens is 2. The molecule has 0 unspecified atom stereocenters. The standard InChI is InChI=1S/C16H13Cl2NO3/c1-2-15(20)19-11-4-3-5-12(9-11)22-16(21)13-7-6-10(17)8-14(13)18/h3-9H,2H2,1H3,(H,19,20). The summed E-state index contributed by atoms with van der Waals surface area (Å²) in [4.78, 5) is 23.5. The Hall–Kier alpha value is -2.04. The molecule has 6 heteroatoms. The summed E-state index contributed by atoms with van der Waals surface area (Å²) in [6.45, 7) is 1.75. The third-order valence-electron chi connectivity index (χ3n) is 2.80. The van der Waals surface area contributed by atoms with Gasteiger partial charge in [-0.3, -0.25) is 4.79 Å². The van der Waals surface area contributed by atoms with Crippen LogP contribution >= 0.6 is 23.2 Å². The highest BCUT2D eigenvalue weighted by Crippen LogP contribution is 2.24. The largest absolute Gasteiger partial charge is 0.423 e. The highest BCUT2D eigenvalue weighted by Gasteiger charge is 2.13. The molecule has 0 aliphatic rings. The van der Waals surface area contributed by atoms with E-state index in [0.29, 0.717) is 22.9 Å². The number of ether oxygens (including phenoxy) is 1. The fraction of sp³-hybridized carbons (Fsp3) is 0.125. The molecule has 0 heterocycles. The van der Waals surface area contributed by atoms with Gasteiger partial charge in [0.2, 0.25) is 5.91 Å². The minimum Gasteiger partial charge on any atom is -0.423 e. The quantitative estimate of drug-likeness (QED) is 0.657. The van der Waals surface area contributed by atoms with Gasteiger partial charge in [0.25, 0.3) is 0 Å². The van der Waals surface area contributed by atoms with E-state index in [1.807, 2.05) is 0 Å². The van der Waals surface area contributed by atoms with Gasteiger partial charge in [-0.05, 0) is 30.3 Å². The third-order valence-corrected chi connectivity index (χ3v) is 3.35. The Balaban J connectivity index is 2.14. The van der Waals surface area contributed by atoms with E-state index in [0.717, 1.165) is 0 Å². The molecule has 1 N–H and O–H groups in total. The first kappa shape index (κ1) is 16.3. The van der Waals surface area contributed by atoms with Gasteiger partial charge in [0.1, 0.15) is 5.75 Å². The number of esters is 1. The van der Waals surface area contributed by atoms with E-state index < -0.39 is 5.97 Å². The molecule has 0 aromatic heterocycles. The van der Waals surface area contributed by atoms with Crippen molar-refractivity contribution < 1.29 is 14.3 Å². The summed E-state index contributed by atoms with van der Waals surface area (Å²) in [5, 5.41) is 3.34. The van der Waals surface area contributed by atoms with Gasteiger partial charge in [-0.25, -0.2) is 4.79 Å². The second-order valence-corrected chi connectivity index (χ2v) is 5.29. The van der Waals surface area contributed by atoms with Crippen LogP contribution in [0.2, 0.25) is 10.0 Å². The summed E-state index contributed by atoms with van der Waals surface area (Å²) >= 11 is 11.8. The van der Waals surface area contributed by atoms with Crippen LogP contribution in [0.15, 0.2) is 42.5 Å². The first-order chi connectivity index (χ1) is 10.5. The molecule has 22 heavy (non-hydrogen) atoms. The number of nitrogens with one attached hydrogen (secondary N) is 1. The smallest absolute Gasteiger partial charge is 0.345 e. The summed E-state index contributed by atoms with van der Waals surface area (Å²) in [6.07, 6.45) is 0.365. The van der Waals surface area contributed by atoms with Gasteiger partial charge in [-0.1, -0.05) is 36.2 Å². The van der Waals surface area contributed by atoms with Gasteiger partial charge in [0.15, 0.2) is 0 Å². The van der Waals surface area contributed by atoms with Crippen LogP contribution in [0.3, 0.4) is 0 Å². The van der Waals surface area contributed by atoms with Gasteiger partial charge in [0, 0.05) is 23.2 Å². The van der Waals surface area contributed by atoms with E-state index in [1.54, 1.807) is 37.3 Å². The molecule has 0 fully saturated rings. The van der Waals surface area contributed by atoms with Crippen molar-refractivity contribution in [2.75, 3.05) is 5.32 Å². The summed E-state index contributed by atoms with van der Waals surface area (Å²) in [6, 6.07) is 11.1. The molecule has 2 aromatic carbocycles. The van der Waals surface area contributed by atoms with Crippen LogP contribution in [-0.2, 0) is 4.79 Å². The average Bonchev–Trinajstić information content (AvgIpc) is 2.47. The predicted octanol–water partition coefficient (Wildman–Crippen LogP) is 4.56. The molecule has 0 aliphatic carbocycles. The Morgan fingerprint density at radius 1 is 1.14 bits per heavy atom. The summed E-state index contributed by atoms with van der Waals surface area (Å²) < 4.78 is 5.26. The second kappa shape index (κ2) is 7.29. The number of amides is 1. The van der Waals surface area contributed by atoms with Crippen molar-refractivity contribution >= 4 is 40.8 Å². The lowest BCUT2D eigenvalue weighted by Gasteiger charge is -2.08. The number of rotatable bonds is 4. The normalized spacial score (nSPS) is 10.1. The molecule has 0 spiro atoms. The maximum atomic E-state index is 12.1. The van der Waals surface area contributed by atoms with Crippen LogP contribution in [0.4, 0.5) is 5.69 Å². The lowest BCUT2D eigenvalue weighted by atomic mass is 10.2. The van der Waals surface area contributed by atoms with Crippen molar-refractivity contribution in [3.05, 3.63) is 58.1 Å². The number of hydrogen-bond donors (Lipinski definition) is 1. The van der Waals surface area contributed by atoms with Crippen LogP contribution in [-0.4, -0.2) is 11.9 Å². The minimum absolute atomic E-state index is 0.121. The zero-order valence-electron chi connectivity index (χ0n) is 11.7. The Labute approximate surface area is 138 Å². The Morgan fingerprint density at radius 3 is 2.59 bits per heavy atom. The van der Waals surface area contributed by atoms with E-state index >= 15 is 0 Å². The third kappa shape index (κ3) is 4.23. The monoisotopic (exact) mass is 337 g/mol. The van der Waals surface area contributed by atoms with E-state index in [1.165, 1.54) is 12.1 Å². The van der Waals surface area contributed by atoms with Gasteiger partial charge < -0.3 is 10.1 Å². The van der Waals surface area contributed by atoms with Crippen LogP contribution in [0.5, 0.6) is 5.75 Å². The number of anilines is 1. The van der Waals surface area contributed by atoms with Crippen molar-refractivity contribution in [2.24, 2.45) is 0 Å². The number of hydrogen-bond acceptors (Lipinski definition) is 3. The summed E-state index contributed by atoms with van der Waals surface area (Å²) in [7, 11) is 0. The van der Waals surface area contributed by atoms with Crippen molar-refractivity contribution in [3.8, 4) is 5.75 Å². The van der Waals surface area contributed by atoms with Crippen molar-refractivity contribution in [1.29, 1.82) is 0 Å². The predicted molar refractivity (Wildman–Crippen MR) is 86.8 cm³/mol. The molecular weight excluding hydrogens is 325 g/mol. The van der Waals surface area contributed by atoms with Crippen LogP contribution in [0.25, 0.3) is 0 Å². The lowest BCUT2D eigenvalue weighted by Crippen LogP contribution is -2.11. The van der Waals surface area contributed by atoms with Gasteiger partial charge in [-0.15, -0.1) is 0 Å². The molecule has 2 aromatic rings. The molecular formula is C16H13Cl2NO3. The zero-order chi connectivity index (χ0) is 16.1. The van der Waals surface area contributed by atoms with Crippen LogP contribution in [0.1, 0.15) is 23.7 Å². The Bertz CT molecular complexity index is 716. The van der Waals surface area contributed by atoms with Crippen molar-refractivity contribution in [1.82, 2.24) is 0 Å². The van der Waals surface area contributed by atoms with E-state index in [2.05, 4.69) is 5.32 Å². The highest BCUT2D eigenvalue weighted by molar-refractivity contribution is 6.36. The van der Waals surface area contributed by atoms with Crippen molar-refractivity contribution in [3.63, 3.8) is 0 Å². The fourth-order valence-corrected chi connectivity index (χ4v) is 2.19. The molecule has 114 valence electrons. The Morgan fingerprint density at radius 2 is 1.91 bits per heavy atom. The number of benzene rings is 2. The Kier molecular flexibility index (Phi) is 5.41. The van der Waals surface area contributed by atoms with Crippen LogP contribution < -0.4 is 10.1 Å². The first-order valence-corrected chi connectivity index (χ1v) is 7.32. The molecule has 0 saturated heterocycles. The fourth-order valence-electron chi connectivity index (χ4n) is 1.70. The molecule has 0 bridgehead atoms. The van der Waals surface area contributed by atoms with Gasteiger partial charge in [-0.2, -0.15) is 0 Å².